The smallest absolute Gasteiger partial charge is 0.373 e. The second kappa shape index (κ2) is 50.1. The van der Waals surface area contributed by atoms with Gasteiger partial charge in [0.25, 0.3) is 0 Å². The number of thioether (sulfide) groups is 1. The van der Waals surface area contributed by atoms with E-state index in [9.17, 15) is 4.79 Å². The molecule has 0 aliphatic rings. The van der Waals surface area contributed by atoms with Gasteiger partial charge in [0.15, 0.2) is 5.12 Å². The number of hydrogen-bond donors (Lipinski definition) is 1. The summed E-state index contributed by atoms with van der Waals surface area (Å²) in [4.78, 5) is 12.9. The molecule has 0 amide bonds. The summed E-state index contributed by atoms with van der Waals surface area (Å²) in [5.41, 5.74) is 0. The van der Waals surface area contributed by atoms with Crippen LogP contribution in [0.4, 0.5) is 0 Å². The van der Waals surface area contributed by atoms with Crippen molar-refractivity contribution in [2.45, 2.75) is 303 Å². The molecular weight excluding hydrogens is 775 g/mol. The lowest BCUT2D eigenvalue weighted by atomic mass is 10.0. The van der Waals surface area contributed by atoms with Gasteiger partial charge >= 0.3 is 8.80 Å². The molecule has 1 N–H and O–H groups in total. The Hall–Kier alpha value is 0.0769. The van der Waals surface area contributed by atoms with Gasteiger partial charge in [0, 0.05) is 37.5 Å². The van der Waals surface area contributed by atoms with Crippen LogP contribution in [0.1, 0.15) is 291 Å². The van der Waals surface area contributed by atoms with Crippen molar-refractivity contribution in [1.29, 1.82) is 0 Å². The molecule has 0 heterocycles. The van der Waals surface area contributed by atoms with E-state index in [-0.39, 0.29) is 0 Å². The Morgan fingerprint density at radius 1 is 0.433 bits per heavy atom. The molecule has 0 rings (SSSR count). The van der Waals surface area contributed by atoms with E-state index < -0.39 is 8.80 Å². The fraction of sp³-hybridized carbons (Fsp3) is 0.981. The Balaban J connectivity index is 5.13. The minimum absolute atomic E-state index is 0.315. The van der Waals surface area contributed by atoms with Crippen LogP contribution in [-0.2, 0) is 18.1 Å². The number of rotatable bonds is 52. The first-order chi connectivity index (χ1) is 29.6. The SMILES string of the molecule is CCCCCCCCCCCCCCCC(CO[Si](CCCSC(=O)CCCCCCCCCCC)(OCCCCCCCCCC)OCCCCCCCCCC)NC. The summed E-state index contributed by atoms with van der Waals surface area (Å²) < 4.78 is 20.7. The lowest BCUT2D eigenvalue weighted by molar-refractivity contribution is -0.111. The van der Waals surface area contributed by atoms with Crippen molar-refractivity contribution < 1.29 is 18.1 Å². The van der Waals surface area contributed by atoms with Crippen molar-refractivity contribution in [3.63, 3.8) is 0 Å². The zero-order valence-corrected chi connectivity index (χ0v) is 43.5. The van der Waals surface area contributed by atoms with E-state index in [4.69, 9.17) is 13.3 Å². The largest absolute Gasteiger partial charge is 0.501 e. The molecule has 0 fully saturated rings. The van der Waals surface area contributed by atoms with Gasteiger partial charge in [-0.05, 0) is 39.2 Å². The van der Waals surface area contributed by atoms with Crippen molar-refractivity contribution in [2.24, 2.45) is 0 Å². The Labute approximate surface area is 383 Å². The summed E-state index contributed by atoms with van der Waals surface area (Å²) in [6, 6.07) is 1.13. The predicted molar refractivity (Wildman–Crippen MR) is 271 cm³/mol. The second-order valence-corrected chi connectivity index (χ2v) is 22.4. The molecule has 0 aliphatic heterocycles. The highest BCUT2D eigenvalue weighted by Gasteiger charge is 2.41. The van der Waals surface area contributed by atoms with Crippen LogP contribution in [0, 0.1) is 0 Å². The van der Waals surface area contributed by atoms with Crippen molar-refractivity contribution in [3.05, 3.63) is 0 Å². The number of unbranched alkanes of at least 4 members (excludes halogenated alkanes) is 34. The van der Waals surface area contributed by atoms with Crippen LogP contribution in [0.15, 0.2) is 0 Å². The minimum Gasteiger partial charge on any atom is -0.373 e. The van der Waals surface area contributed by atoms with Crippen molar-refractivity contribution in [3.8, 4) is 0 Å². The number of nitrogens with one attached hydrogen (secondary N) is 1. The van der Waals surface area contributed by atoms with Gasteiger partial charge in [-0.25, -0.2) is 0 Å². The van der Waals surface area contributed by atoms with Crippen LogP contribution in [0.25, 0.3) is 0 Å². The van der Waals surface area contributed by atoms with E-state index >= 15 is 0 Å². The Kier molecular flexibility index (Phi) is 50.1. The Morgan fingerprint density at radius 3 is 1.13 bits per heavy atom. The highest BCUT2D eigenvalue weighted by Crippen LogP contribution is 2.24. The summed E-state index contributed by atoms with van der Waals surface area (Å²) in [5.74, 6) is 0.838. The van der Waals surface area contributed by atoms with Crippen molar-refractivity contribution in [2.75, 3.05) is 32.6 Å². The van der Waals surface area contributed by atoms with Crippen LogP contribution < -0.4 is 5.32 Å². The summed E-state index contributed by atoms with van der Waals surface area (Å²) >= 11 is 1.54. The molecule has 0 radical (unpaired) electrons. The zero-order chi connectivity index (χ0) is 43.7. The summed E-state index contributed by atoms with van der Waals surface area (Å²) in [5, 5.41) is 3.95. The predicted octanol–water partition coefficient (Wildman–Crippen LogP) is 17.9. The number of hydrogen-bond acceptors (Lipinski definition) is 6. The number of carbonyl (C=O) groups excluding carboxylic acids is 1. The van der Waals surface area contributed by atoms with Gasteiger partial charge in [-0.1, -0.05) is 264 Å². The average Bonchev–Trinajstić information content (AvgIpc) is 3.26. The van der Waals surface area contributed by atoms with E-state index in [1.807, 2.05) is 0 Å². The topological polar surface area (TPSA) is 56.8 Å². The maximum atomic E-state index is 12.9. The Bertz CT molecular complexity index is 813. The first kappa shape index (κ1) is 60.1. The quantitative estimate of drug-likeness (QED) is 0.0485. The average molecular weight is 885 g/mol. The standard InChI is InChI=1S/C53H109NO4SSi/c1-6-10-14-18-22-26-27-28-29-31-32-36-40-45-52(54-5)51-58-60(56-47-42-38-34-24-20-16-12-8-3,57-48-43-39-35-25-21-17-13-9-4)50-44-49-59-53(55)46-41-37-33-30-23-19-15-11-7-2/h52,54H,6-51H2,1-5H3. The summed E-state index contributed by atoms with van der Waals surface area (Å²) in [6.07, 6.45) is 53.0. The van der Waals surface area contributed by atoms with Gasteiger partial charge < -0.3 is 18.6 Å². The summed E-state index contributed by atoms with van der Waals surface area (Å²) in [7, 11) is -0.827. The van der Waals surface area contributed by atoms with Gasteiger partial charge in [0.2, 0.25) is 0 Å². The van der Waals surface area contributed by atoms with E-state index in [1.54, 1.807) is 0 Å². The molecule has 7 heteroatoms. The second-order valence-electron chi connectivity index (χ2n) is 18.6. The molecule has 0 saturated carbocycles. The first-order valence-corrected chi connectivity index (χ1v) is 30.2. The number of carbonyl (C=O) groups is 1. The fourth-order valence-electron chi connectivity index (χ4n) is 8.34. The molecule has 360 valence electrons. The van der Waals surface area contributed by atoms with E-state index in [0.29, 0.717) is 24.2 Å². The highest BCUT2D eigenvalue weighted by molar-refractivity contribution is 8.13. The van der Waals surface area contributed by atoms with Gasteiger partial charge in [-0.3, -0.25) is 4.79 Å². The van der Waals surface area contributed by atoms with E-state index in [1.165, 1.54) is 236 Å². The monoisotopic (exact) mass is 884 g/mol. The lowest BCUT2D eigenvalue weighted by Crippen LogP contribution is -2.49. The number of likely N-dealkylation sites (N-methyl/N-ethyl adjacent to an activating group) is 1. The zero-order valence-electron chi connectivity index (χ0n) is 41.6. The molecule has 0 aromatic rings. The third-order valence-corrected chi connectivity index (χ3v) is 16.5. The van der Waals surface area contributed by atoms with Crippen molar-refractivity contribution >= 4 is 25.7 Å². The van der Waals surface area contributed by atoms with Crippen LogP contribution in [-0.4, -0.2) is 52.6 Å². The molecular formula is C53H109NO4SSi. The molecule has 0 aromatic carbocycles. The molecule has 0 saturated heterocycles. The Morgan fingerprint density at radius 2 is 0.767 bits per heavy atom. The molecule has 5 nitrogen and oxygen atoms in total. The first-order valence-electron chi connectivity index (χ1n) is 27.3. The maximum Gasteiger partial charge on any atom is 0.501 e. The van der Waals surface area contributed by atoms with Crippen LogP contribution in [0.2, 0.25) is 6.04 Å². The van der Waals surface area contributed by atoms with Gasteiger partial charge in [0.05, 0.1) is 6.61 Å². The van der Waals surface area contributed by atoms with E-state index in [0.717, 1.165) is 57.1 Å². The normalized spacial score (nSPS) is 12.5. The molecule has 0 bridgehead atoms. The third kappa shape index (κ3) is 43.3. The van der Waals surface area contributed by atoms with Crippen LogP contribution in [0.3, 0.4) is 0 Å². The highest BCUT2D eigenvalue weighted by atomic mass is 32.2. The van der Waals surface area contributed by atoms with Gasteiger partial charge in [-0.2, -0.15) is 0 Å². The van der Waals surface area contributed by atoms with E-state index in [2.05, 4.69) is 40.1 Å². The van der Waals surface area contributed by atoms with Crippen molar-refractivity contribution in [1.82, 2.24) is 5.32 Å². The molecule has 1 unspecified atom stereocenters. The van der Waals surface area contributed by atoms with Gasteiger partial charge in [0.1, 0.15) is 0 Å². The molecule has 0 aromatic heterocycles. The van der Waals surface area contributed by atoms with Gasteiger partial charge in [-0.15, -0.1) is 0 Å². The minimum atomic E-state index is -2.92. The summed E-state index contributed by atoms with van der Waals surface area (Å²) in [6.45, 7) is 11.3. The van der Waals surface area contributed by atoms with Crippen LogP contribution in [0.5, 0.6) is 0 Å². The maximum absolute atomic E-state index is 12.9. The van der Waals surface area contributed by atoms with Crippen LogP contribution >= 0.6 is 11.8 Å². The lowest BCUT2D eigenvalue weighted by Gasteiger charge is -2.32. The molecule has 0 aliphatic carbocycles. The third-order valence-electron chi connectivity index (χ3n) is 12.6. The molecule has 60 heavy (non-hydrogen) atoms. The molecule has 0 spiro atoms. The molecule has 1 atom stereocenters. The fourth-order valence-corrected chi connectivity index (χ4v) is 12.1.